The highest BCUT2D eigenvalue weighted by atomic mass is 16.3. The van der Waals surface area contributed by atoms with Crippen LogP contribution in [0.5, 0.6) is 0 Å². The van der Waals surface area contributed by atoms with E-state index in [0.29, 0.717) is 0 Å². The zero-order valence-corrected chi connectivity index (χ0v) is 8.27. The van der Waals surface area contributed by atoms with Gasteiger partial charge in [-0.25, -0.2) is 9.13 Å². The first kappa shape index (κ1) is 8.87. The number of imidazole rings is 1. The molecule has 0 aliphatic carbocycles. The number of para-hydroxylation sites is 2. The number of rotatable bonds is 2. The number of nitrogens with zero attached hydrogens (tertiary/aromatic N) is 3. The molecular weight excluding hydrogens is 178 g/mol. The second kappa shape index (κ2) is 3.21. The van der Waals surface area contributed by atoms with Gasteiger partial charge in [0.05, 0.1) is 14.1 Å². The van der Waals surface area contributed by atoms with Crippen molar-refractivity contribution in [1.82, 2.24) is 4.57 Å². The van der Waals surface area contributed by atoms with E-state index >= 15 is 0 Å². The van der Waals surface area contributed by atoms with Gasteiger partial charge in [-0.3, -0.25) is 0 Å². The molecule has 0 saturated carbocycles. The van der Waals surface area contributed by atoms with Crippen molar-refractivity contribution in [2.75, 3.05) is 0 Å². The van der Waals surface area contributed by atoms with Gasteiger partial charge in [-0.1, -0.05) is 17.3 Å². The van der Waals surface area contributed by atoms with Crippen molar-refractivity contribution in [3.63, 3.8) is 0 Å². The fourth-order valence-electron chi connectivity index (χ4n) is 1.80. The Balaban J connectivity index is 2.78. The summed E-state index contributed by atoms with van der Waals surface area (Å²) < 4.78 is 3.99. The van der Waals surface area contributed by atoms with Crippen LogP contribution in [0.4, 0.5) is 0 Å². The van der Waals surface area contributed by atoms with Crippen LogP contribution in [0.25, 0.3) is 11.0 Å². The molecule has 0 radical (unpaired) electrons. The summed E-state index contributed by atoms with van der Waals surface area (Å²) >= 11 is 0. The highest BCUT2D eigenvalue weighted by Crippen LogP contribution is 2.12. The standard InChI is InChI=1S/C10H12N3O/c1-12-8-5-3-4-6-9(8)13(2)10(12)7-11-14/h3-6H,7H2,1-2H3/q+1. The van der Waals surface area contributed by atoms with Crippen molar-refractivity contribution < 1.29 is 4.57 Å². The van der Waals surface area contributed by atoms with Gasteiger partial charge in [-0.2, -0.15) is 4.91 Å². The summed E-state index contributed by atoms with van der Waals surface area (Å²) in [5.74, 6) is 0.918. The predicted molar refractivity (Wildman–Crippen MR) is 53.6 cm³/mol. The Morgan fingerprint density at radius 2 is 2.14 bits per heavy atom. The Bertz CT molecular complexity index is 448. The van der Waals surface area contributed by atoms with Gasteiger partial charge in [-0.05, 0) is 12.1 Å². The van der Waals surface area contributed by atoms with Crippen molar-refractivity contribution in [2.24, 2.45) is 19.3 Å². The van der Waals surface area contributed by atoms with Gasteiger partial charge in [0.15, 0.2) is 17.6 Å². The third-order valence-corrected chi connectivity index (χ3v) is 2.58. The molecule has 14 heavy (non-hydrogen) atoms. The van der Waals surface area contributed by atoms with E-state index in [9.17, 15) is 4.91 Å². The summed E-state index contributed by atoms with van der Waals surface area (Å²) in [7, 11) is 3.89. The maximum atomic E-state index is 10.3. The smallest absolute Gasteiger partial charge is 0.228 e. The molecule has 0 saturated heterocycles. The highest BCUT2D eigenvalue weighted by Gasteiger charge is 2.18. The average molecular weight is 190 g/mol. The molecular formula is C10H12N3O+. The van der Waals surface area contributed by atoms with Crippen molar-refractivity contribution in [3.05, 3.63) is 35.0 Å². The summed E-state index contributed by atoms with van der Waals surface area (Å²) in [6.45, 7) is 0.210. The lowest BCUT2D eigenvalue weighted by atomic mass is 10.3. The second-order valence-electron chi connectivity index (χ2n) is 3.31. The Morgan fingerprint density at radius 1 is 1.43 bits per heavy atom. The molecule has 0 spiro atoms. The Hall–Kier alpha value is -1.71. The monoisotopic (exact) mass is 190 g/mol. The topological polar surface area (TPSA) is 38.2 Å². The summed E-state index contributed by atoms with van der Waals surface area (Å²) in [4.78, 5) is 10.3. The minimum absolute atomic E-state index is 0.210. The van der Waals surface area contributed by atoms with Crippen LogP contribution in [-0.2, 0) is 20.6 Å². The van der Waals surface area contributed by atoms with Gasteiger partial charge in [0.1, 0.15) is 0 Å². The maximum absolute atomic E-state index is 10.3. The molecule has 4 heteroatoms. The van der Waals surface area contributed by atoms with E-state index in [-0.39, 0.29) is 6.54 Å². The molecule has 1 heterocycles. The number of benzene rings is 1. The van der Waals surface area contributed by atoms with E-state index in [4.69, 9.17) is 0 Å². The van der Waals surface area contributed by atoms with Crippen LogP contribution < -0.4 is 4.57 Å². The summed E-state index contributed by atoms with van der Waals surface area (Å²) in [5.41, 5.74) is 2.24. The van der Waals surface area contributed by atoms with E-state index in [1.165, 1.54) is 0 Å². The number of aromatic nitrogens is 2. The Morgan fingerprint density at radius 3 is 2.79 bits per heavy atom. The van der Waals surface area contributed by atoms with Gasteiger partial charge in [0, 0.05) is 0 Å². The van der Waals surface area contributed by atoms with E-state index in [1.807, 2.05) is 47.5 Å². The number of hydrogen-bond acceptors (Lipinski definition) is 2. The Kier molecular flexibility index (Phi) is 2.04. The Labute approximate surface area is 81.8 Å². The van der Waals surface area contributed by atoms with Gasteiger partial charge < -0.3 is 0 Å². The molecule has 2 rings (SSSR count). The van der Waals surface area contributed by atoms with Crippen molar-refractivity contribution >= 4 is 11.0 Å². The first-order valence-corrected chi connectivity index (χ1v) is 4.47. The minimum Gasteiger partial charge on any atom is -0.228 e. The van der Waals surface area contributed by atoms with Crippen LogP contribution in [0.2, 0.25) is 0 Å². The quantitative estimate of drug-likeness (QED) is 0.519. The van der Waals surface area contributed by atoms with E-state index in [0.717, 1.165) is 16.9 Å². The molecule has 0 bridgehead atoms. The molecule has 1 aromatic carbocycles. The molecule has 0 aliphatic rings. The molecule has 2 aromatic rings. The third kappa shape index (κ3) is 1.11. The number of nitroso groups, excluding NO2 is 1. The largest absolute Gasteiger partial charge is 0.282 e. The molecule has 0 unspecified atom stereocenters. The number of fused-ring (bicyclic) bond motifs is 1. The fraction of sp³-hybridized carbons (Fsp3) is 0.300. The lowest BCUT2D eigenvalue weighted by Crippen LogP contribution is -2.32. The summed E-state index contributed by atoms with van der Waals surface area (Å²) in [6.07, 6.45) is 0. The normalized spacial score (nSPS) is 10.7. The molecule has 72 valence electrons. The summed E-state index contributed by atoms with van der Waals surface area (Å²) in [5, 5.41) is 2.93. The molecule has 0 aliphatic heterocycles. The average Bonchev–Trinajstić information content (AvgIpc) is 2.45. The first-order chi connectivity index (χ1) is 6.75. The van der Waals surface area contributed by atoms with Crippen LogP contribution in [-0.4, -0.2) is 4.57 Å². The zero-order chi connectivity index (χ0) is 10.1. The predicted octanol–water partition coefficient (Wildman–Crippen LogP) is 1.27. The van der Waals surface area contributed by atoms with Gasteiger partial charge in [-0.15, -0.1) is 0 Å². The molecule has 0 atom stereocenters. The number of aryl methyl sites for hydroxylation is 2. The lowest BCUT2D eigenvalue weighted by molar-refractivity contribution is -0.653. The maximum Gasteiger partial charge on any atom is 0.282 e. The van der Waals surface area contributed by atoms with Gasteiger partial charge in [0.25, 0.3) is 5.82 Å². The van der Waals surface area contributed by atoms with Gasteiger partial charge in [0.2, 0.25) is 0 Å². The van der Waals surface area contributed by atoms with Crippen molar-refractivity contribution in [3.8, 4) is 0 Å². The molecule has 0 amide bonds. The minimum atomic E-state index is 0.210. The molecule has 0 N–H and O–H groups in total. The zero-order valence-electron chi connectivity index (χ0n) is 8.27. The van der Waals surface area contributed by atoms with Crippen LogP contribution >= 0.6 is 0 Å². The van der Waals surface area contributed by atoms with Crippen molar-refractivity contribution in [1.29, 1.82) is 0 Å². The van der Waals surface area contributed by atoms with Crippen LogP contribution in [0.15, 0.2) is 29.4 Å². The highest BCUT2D eigenvalue weighted by molar-refractivity contribution is 5.71. The molecule has 4 nitrogen and oxygen atoms in total. The fourth-order valence-corrected chi connectivity index (χ4v) is 1.80. The van der Waals surface area contributed by atoms with Gasteiger partial charge >= 0.3 is 0 Å². The first-order valence-electron chi connectivity index (χ1n) is 4.47. The third-order valence-electron chi connectivity index (χ3n) is 2.58. The molecule has 0 fully saturated rings. The van der Waals surface area contributed by atoms with E-state index in [2.05, 4.69) is 5.18 Å². The van der Waals surface area contributed by atoms with Crippen LogP contribution in [0, 0.1) is 4.91 Å². The van der Waals surface area contributed by atoms with E-state index in [1.54, 1.807) is 0 Å². The second-order valence-corrected chi connectivity index (χ2v) is 3.31. The lowest BCUT2D eigenvalue weighted by Gasteiger charge is -1.90. The number of hydrogen-bond donors (Lipinski definition) is 0. The SMILES string of the molecule is Cn1c(CN=O)[n+](C)c2ccccc21. The van der Waals surface area contributed by atoms with Crippen LogP contribution in [0.3, 0.4) is 0 Å². The van der Waals surface area contributed by atoms with E-state index < -0.39 is 0 Å². The molecule has 1 aromatic heterocycles. The van der Waals surface area contributed by atoms with Crippen LogP contribution in [0.1, 0.15) is 5.82 Å². The summed E-state index contributed by atoms with van der Waals surface area (Å²) in [6, 6.07) is 8.04. The van der Waals surface area contributed by atoms with Crippen molar-refractivity contribution in [2.45, 2.75) is 6.54 Å².